The normalized spacial score (nSPS) is 13.4. The van der Waals surface area contributed by atoms with Gasteiger partial charge in [-0.3, -0.25) is 10.1 Å². The topological polar surface area (TPSA) is 49.3 Å². The minimum absolute atomic E-state index is 0.127. The molecular weight excluding hydrogens is 166 g/mol. The Bertz CT molecular complexity index is 215. The second kappa shape index (κ2) is 4.88. The number of aliphatic carboxylic acids is 1. The van der Waals surface area contributed by atoms with Gasteiger partial charge in [0.25, 0.3) is 0 Å². The van der Waals surface area contributed by atoms with Crippen molar-refractivity contribution in [2.45, 2.75) is 45.2 Å². The molecule has 0 aliphatic heterocycles. The summed E-state index contributed by atoms with van der Waals surface area (Å²) >= 11 is 0. The highest BCUT2D eigenvalue weighted by atomic mass is 16.4. The van der Waals surface area contributed by atoms with Crippen molar-refractivity contribution < 1.29 is 9.90 Å². The first-order chi connectivity index (χ1) is 5.87. The fourth-order valence-electron chi connectivity index (χ4n) is 1.07. The molecule has 0 aromatic carbocycles. The third kappa shape index (κ3) is 6.18. The zero-order valence-electron chi connectivity index (χ0n) is 8.42. The molecule has 13 heavy (non-hydrogen) atoms. The van der Waals surface area contributed by atoms with Crippen LogP contribution < -0.4 is 5.32 Å². The minimum atomic E-state index is -0.771. The van der Waals surface area contributed by atoms with Gasteiger partial charge in [0, 0.05) is 12.5 Å². The Morgan fingerprint density at radius 2 is 2.23 bits per heavy atom. The predicted molar refractivity (Wildman–Crippen MR) is 52.4 cm³/mol. The SMILES string of the molecule is C#CC(C)(C)NC(C)CCC(=O)O. The first kappa shape index (κ1) is 12.0. The molecule has 2 N–H and O–H groups in total. The van der Waals surface area contributed by atoms with Crippen LogP contribution in [-0.4, -0.2) is 22.7 Å². The summed E-state index contributed by atoms with van der Waals surface area (Å²) in [5.41, 5.74) is -0.363. The summed E-state index contributed by atoms with van der Waals surface area (Å²) in [6.07, 6.45) is 6.05. The number of rotatable bonds is 5. The van der Waals surface area contributed by atoms with E-state index in [1.807, 2.05) is 20.8 Å². The molecular formula is C10H17NO2. The van der Waals surface area contributed by atoms with E-state index in [1.54, 1.807) is 0 Å². The Hall–Kier alpha value is -1.01. The van der Waals surface area contributed by atoms with Crippen LogP contribution in [0.3, 0.4) is 0 Å². The Morgan fingerprint density at radius 1 is 1.69 bits per heavy atom. The van der Waals surface area contributed by atoms with E-state index < -0.39 is 5.97 Å². The van der Waals surface area contributed by atoms with Crippen LogP contribution in [0.1, 0.15) is 33.6 Å². The van der Waals surface area contributed by atoms with E-state index in [9.17, 15) is 4.79 Å². The molecule has 0 amide bonds. The molecule has 0 spiro atoms. The van der Waals surface area contributed by atoms with Crippen molar-refractivity contribution in [2.24, 2.45) is 0 Å². The van der Waals surface area contributed by atoms with Gasteiger partial charge in [-0.05, 0) is 27.2 Å². The lowest BCUT2D eigenvalue weighted by atomic mass is 10.0. The lowest BCUT2D eigenvalue weighted by Gasteiger charge is -2.24. The average molecular weight is 183 g/mol. The minimum Gasteiger partial charge on any atom is -0.481 e. The molecule has 0 aliphatic carbocycles. The first-order valence-corrected chi connectivity index (χ1v) is 4.34. The van der Waals surface area contributed by atoms with Gasteiger partial charge in [0.15, 0.2) is 0 Å². The maximum Gasteiger partial charge on any atom is 0.303 e. The van der Waals surface area contributed by atoms with Gasteiger partial charge in [0.1, 0.15) is 0 Å². The molecule has 0 heterocycles. The van der Waals surface area contributed by atoms with E-state index >= 15 is 0 Å². The third-order valence-corrected chi connectivity index (χ3v) is 1.76. The summed E-state index contributed by atoms with van der Waals surface area (Å²) in [7, 11) is 0. The van der Waals surface area contributed by atoms with Crippen molar-refractivity contribution in [3.05, 3.63) is 0 Å². The van der Waals surface area contributed by atoms with Gasteiger partial charge in [-0.1, -0.05) is 5.92 Å². The molecule has 3 nitrogen and oxygen atoms in total. The van der Waals surface area contributed by atoms with Crippen LogP contribution in [0, 0.1) is 12.3 Å². The van der Waals surface area contributed by atoms with E-state index in [-0.39, 0.29) is 18.0 Å². The molecule has 0 aromatic rings. The summed E-state index contributed by atoms with van der Waals surface area (Å²) in [5, 5.41) is 11.6. The van der Waals surface area contributed by atoms with Gasteiger partial charge in [0.2, 0.25) is 0 Å². The molecule has 0 bridgehead atoms. The number of hydrogen-bond acceptors (Lipinski definition) is 2. The fraction of sp³-hybridized carbons (Fsp3) is 0.700. The molecule has 0 aliphatic rings. The highest BCUT2D eigenvalue weighted by Crippen LogP contribution is 2.05. The van der Waals surface area contributed by atoms with Gasteiger partial charge in [-0.2, -0.15) is 0 Å². The zero-order valence-corrected chi connectivity index (χ0v) is 8.42. The predicted octanol–water partition coefficient (Wildman–Crippen LogP) is 1.24. The Balaban J connectivity index is 3.82. The number of hydrogen-bond donors (Lipinski definition) is 2. The van der Waals surface area contributed by atoms with Crippen LogP contribution >= 0.6 is 0 Å². The van der Waals surface area contributed by atoms with Gasteiger partial charge in [-0.15, -0.1) is 6.42 Å². The second-order valence-corrected chi connectivity index (χ2v) is 3.75. The molecule has 0 radical (unpaired) electrons. The van der Waals surface area contributed by atoms with E-state index in [0.717, 1.165) is 0 Å². The first-order valence-electron chi connectivity index (χ1n) is 4.34. The summed E-state index contributed by atoms with van der Waals surface area (Å²) in [6.45, 7) is 5.72. The molecule has 3 heteroatoms. The van der Waals surface area contributed by atoms with Crippen molar-refractivity contribution in [3.63, 3.8) is 0 Å². The van der Waals surface area contributed by atoms with Gasteiger partial charge < -0.3 is 5.11 Å². The third-order valence-electron chi connectivity index (χ3n) is 1.76. The maximum atomic E-state index is 10.3. The van der Waals surface area contributed by atoms with Crippen molar-refractivity contribution in [2.75, 3.05) is 0 Å². The highest BCUT2D eigenvalue weighted by Gasteiger charge is 2.16. The summed E-state index contributed by atoms with van der Waals surface area (Å²) in [5.74, 6) is 1.83. The second-order valence-electron chi connectivity index (χ2n) is 3.75. The maximum absolute atomic E-state index is 10.3. The van der Waals surface area contributed by atoms with Crippen molar-refractivity contribution in [1.29, 1.82) is 0 Å². The van der Waals surface area contributed by atoms with Gasteiger partial charge >= 0.3 is 5.97 Å². The quantitative estimate of drug-likeness (QED) is 0.630. The molecule has 1 atom stereocenters. The van der Waals surface area contributed by atoms with Gasteiger partial charge in [0.05, 0.1) is 5.54 Å². The van der Waals surface area contributed by atoms with Crippen molar-refractivity contribution >= 4 is 5.97 Å². The van der Waals surface area contributed by atoms with E-state index in [0.29, 0.717) is 6.42 Å². The van der Waals surface area contributed by atoms with Crippen LogP contribution in [0.4, 0.5) is 0 Å². The molecule has 0 fully saturated rings. The van der Waals surface area contributed by atoms with Crippen molar-refractivity contribution in [3.8, 4) is 12.3 Å². The van der Waals surface area contributed by atoms with Crippen LogP contribution in [-0.2, 0) is 4.79 Å². The number of carboxylic acid groups (broad SMARTS) is 1. The molecule has 0 aromatic heterocycles. The van der Waals surface area contributed by atoms with Gasteiger partial charge in [-0.25, -0.2) is 0 Å². The van der Waals surface area contributed by atoms with Crippen molar-refractivity contribution in [1.82, 2.24) is 5.32 Å². The van der Waals surface area contributed by atoms with E-state index in [1.165, 1.54) is 0 Å². The Kier molecular flexibility index (Phi) is 4.50. The molecule has 0 saturated carbocycles. The number of carbonyl (C=O) groups is 1. The molecule has 74 valence electrons. The molecule has 1 unspecified atom stereocenters. The summed E-state index contributed by atoms with van der Waals surface area (Å²) < 4.78 is 0. The number of nitrogens with one attached hydrogen (secondary N) is 1. The smallest absolute Gasteiger partial charge is 0.303 e. The summed E-state index contributed by atoms with van der Waals surface area (Å²) in [6, 6.07) is 0.127. The number of carboxylic acids is 1. The Labute approximate surface area is 79.5 Å². The zero-order chi connectivity index (χ0) is 10.5. The van der Waals surface area contributed by atoms with Crippen LogP contribution in [0.2, 0.25) is 0 Å². The monoisotopic (exact) mass is 183 g/mol. The molecule has 0 rings (SSSR count). The van der Waals surface area contributed by atoms with E-state index in [2.05, 4.69) is 11.2 Å². The lowest BCUT2D eigenvalue weighted by Crippen LogP contribution is -2.43. The number of terminal acetylenes is 1. The molecule has 0 saturated heterocycles. The standard InChI is InChI=1S/C10H17NO2/c1-5-10(3,4)11-8(2)6-7-9(12)13/h1,8,11H,6-7H2,2-4H3,(H,12,13). The highest BCUT2D eigenvalue weighted by molar-refractivity contribution is 5.66. The fourth-order valence-corrected chi connectivity index (χ4v) is 1.07. The van der Waals surface area contributed by atoms with Crippen LogP contribution in [0.5, 0.6) is 0 Å². The Morgan fingerprint density at radius 3 is 2.62 bits per heavy atom. The van der Waals surface area contributed by atoms with Crippen LogP contribution in [0.15, 0.2) is 0 Å². The lowest BCUT2D eigenvalue weighted by molar-refractivity contribution is -0.137. The van der Waals surface area contributed by atoms with Crippen LogP contribution in [0.25, 0.3) is 0 Å². The van der Waals surface area contributed by atoms with E-state index in [4.69, 9.17) is 11.5 Å². The average Bonchev–Trinajstić information content (AvgIpc) is 2.00. The largest absolute Gasteiger partial charge is 0.481 e. The summed E-state index contributed by atoms with van der Waals surface area (Å²) in [4.78, 5) is 10.3.